The summed E-state index contributed by atoms with van der Waals surface area (Å²) >= 11 is 0. The van der Waals surface area contributed by atoms with E-state index in [0.717, 1.165) is 12.8 Å². The molecule has 1 amide bonds. The molecule has 122 valence electrons. The average molecular weight is 317 g/mol. The molecular weight excluding hydrogens is 298 g/mol. The Kier molecular flexibility index (Phi) is 4.40. The van der Waals surface area contributed by atoms with Crippen LogP contribution >= 0.6 is 0 Å². The maximum Gasteiger partial charge on any atom is 0.278 e. The molecule has 2 aromatic heterocycles. The number of carbonyl (C=O) groups is 1. The maximum atomic E-state index is 12.3. The zero-order valence-electron chi connectivity index (χ0n) is 13.2. The summed E-state index contributed by atoms with van der Waals surface area (Å²) < 4.78 is 12.0. The van der Waals surface area contributed by atoms with Crippen LogP contribution in [0.15, 0.2) is 18.3 Å². The van der Waals surface area contributed by atoms with Crippen molar-refractivity contribution in [2.24, 2.45) is 0 Å². The highest BCUT2D eigenvalue weighted by Crippen LogP contribution is 2.28. The molecule has 0 unspecified atom stereocenters. The molecule has 1 saturated carbocycles. The second-order valence-corrected chi connectivity index (χ2v) is 5.41. The van der Waals surface area contributed by atoms with Crippen LogP contribution in [0.3, 0.4) is 0 Å². The second-order valence-electron chi connectivity index (χ2n) is 5.41. The Balaban J connectivity index is 1.73. The number of methoxy groups -OCH3 is 2. The quantitative estimate of drug-likeness (QED) is 0.907. The monoisotopic (exact) mass is 317 g/mol. The maximum absolute atomic E-state index is 12.3. The molecule has 1 fully saturated rings. The molecule has 1 aliphatic carbocycles. The first-order valence-electron chi connectivity index (χ1n) is 7.53. The van der Waals surface area contributed by atoms with Gasteiger partial charge in [0.25, 0.3) is 5.91 Å². The number of ether oxygens (including phenoxy) is 2. The molecule has 3 rings (SSSR count). The summed E-state index contributed by atoms with van der Waals surface area (Å²) in [6.07, 6.45) is 6.24. The van der Waals surface area contributed by atoms with E-state index >= 15 is 0 Å². The molecular formula is C15H19N5O3. The fourth-order valence-electron chi connectivity index (χ4n) is 2.68. The molecule has 2 aromatic rings. The lowest BCUT2D eigenvalue weighted by Gasteiger charge is -2.08. The first kappa shape index (κ1) is 15.3. The van der Waals surface area contributed by atoms with Gasteiger partial charge in [0, 0.05) is 12.1 Å². The van der Waals surface area contributed by atoms with Crippen molar-refractivity contribution >= 4 is 11.7 Å². The number of pyridine rings is 1. The summed E-state index contributed by atoms with van der Waals surface area (Å²) in [7, 11) is 3.04. The van der Waals surface area contributed by atoms with Gasteiger partial charge in [-0.1, -0.05) is 18.1 Å². The van der Waals surface area contributed by atoms with Gasteiger partial charge in [0.05, 0.1) is 26.5 Å². The highest BCUT2D eigenvalue weighted by molar-refractivity contribution is 6.02. The summed E-state index contributed by atoms with van der Waals surface area (Å²) in [5, 5.41) is 10.7. The van der Waals surface area contributed by atoms with E-state index in [1.165, 1.54) is 27.1 Å². The molecule has 2 heterocycles. The van der Waals surface area contributed by atoms with Crippen LogP contribution in [0.2, 0.25) is 0 Å². The third-order valence-electron chi connectivity index (χ3n) is 3.90. The van der Waals surface area contributed by atoms with Crippen molar-refractivity contribution in [1.82, 2.24) is 20.0 Å². The van der Waals surface area contributed by atoms with E-state index in [1.54, 1.807) is 23.0 Å². The van der Waals surface area contributed by atoms with Crippen molar-refractivity contribution in [2.75, 3.05) is 19.5 Å². The Morgan fingerprint density at radius 3 is 2.74 bits per heavy atom. The summed E-state index contributed by atoms with van der Waals surface area (Å²) in [5.74, 6) is 0.870. The van der Waals surface area contributed by atoms with Crippen molar-refractivity contribution in [3.05, 3.63) is 24.0 Å². The fourth-order valence-corrected chi connectivity index (χ4v) is 2.68. The van der Waals surface area contributed by atoms with Crippen LogP contribution in [0, 0.1) is 0 Å². The SMILES string of the molecule is COc1cc(NC(=O)c2cn(C3CCCC3)nn2)nc(OC)c1. The lowest BCUT2D eigenvalue weighted by Crippen LogP contribution is -2.14. The number of aromatic nitrogens is 4. The van der Waals surface area contributed by atoms with E-state index in [0.29, 0.717) is 23.5 Å². The molecule has 0 spiro atoms. The van der Waals surface area contributed by atoms with Crippen molar-refractivity contribution in [2.45, 2.75) is 31.7 Å². The molecule has 0 radical (unpaired) electrons. The van der Waals surface area contributed by atoms with Crippen molar-refractivity contribution in [3.8, 4) is 11.6 Å². The van der Waals surface area contributed by atoms with Gasteiger partial charge < -0.3 is 14.8 Å². The van der Waals surface area contributed by atoms with Crippen molar-refractivity contribution < 1.29 is 14.3 Å². The zero-order valence-corrected chi connectivity index (χ0v) is 13.2. The first-order valence-corrected chi connectivity index (χ1v) is 7.53. The minimum Gasteiger partial charge on any atom is -0.496 e. The van der Waals surface area contributed by atoms with Gasteiger partial charge in [-0.05, 0) is 12.8 Å². The number of rotatable bonds is 5. The number of amides is 1. The van der Waals surface area contributed by atoms with E-state index in [4.69, 9.17) is 9.47 Å². The van der Waals surface area contributed by atoms with Gasteiger partial charge in [0.15, 0.2) is 5.69 Å². The van der Waals surface area contributed by atoms with Crippen LogP contribution in [0.4, 0.5) is 5.82 Å². The van der Waals surface area contributed by atoms with Gasteiger partial charge in [0.2, 0.25) is 5.88 Å². The van der Waals surface area contributed by atoms with Gasteiger partial charge in [-0.3, -0.25) is 4.79 Å². The van der Waals surface area contributed by atoms with Crippen LogP contribution < -0.4 is 14.8 Å². The number of hydrogen-bond acceptors (Lipinski definition) is 6. The normalized spacial score (nSPS) is 14.7. The number of carbonyl (C=O) groups excluding carboxylic acids is 1. The summed E-state index contributed by atoms with van der Waals surface area (Å²) in [6, 6.07) is 3.59. The number of nitrogens with zero attached hydrogens (tertiary/aromatic N) is 4. The molecule has 8 heteroatoms. The topological polar surface area (TPSA) is 91.2 Å². The lowest BCUT2D eigenvalue weighted by molar-refractivity contribution is 0.102. The summed E-state index contributed by atoms with van der Waals surface area (Å²) in [5.41, 5.74) is 0.264. The molecule has 0 aromatic carbocycles. The van der Waals surface area contributed by atoms with Gasteiger partial charge in [-0.2, -0.15) is 4.98 Å². The highest BCUT2D eigenvalue weighted by atomic mass is 16.5. The standard InChI is InChI=1S/C15H19N5O3/c1-22-11-7-13(16-14(8-11)23-2)17-15(21)12-9-20(19-18-12)10-5-3-4-6-10/h7-10H,3-6H2,1-2H3,(H,16,17,21). The Labute approximate surface area is 133 Å². The molecule has 0 bridgehead atoms. The van der Waals surface area contributed by atoms with E-state index < -0.39 is 0 Å². The predicted octanol–water partition coefficient (Wildman–Crippen LogP) is 2.06. The Morgan fingerprint density at radius 2 is 2.04 bits per heavy atom. The highest BCUT2D eigenvalue weighted by Gasteiger charge is 2.20. The third kappa shape index (κ3) is 3.41. The fraction of sp³-hybridized carbons (Fsp3) is 0.467. The Bertz CT molecular complexity index is 672. The van der Waals surface area contributed by atoms with Crippen LogP contribution in [0.1, 0.15) is 42.2 Å². The van der Waals surface area contributed by atoms with Gasteiger partial charge >= 0.3 is 0 Å². The van der Waals surface area contributed by atoms with E-state index in [1.807, 2.05) is 0 Å². The van der Waals surface area contributed by atoms with E-state index in [9.17, 15) is 4.79 Å². The number of anilines is 1. The largest absolute Gasteiger partial charge is 0.496 e. The molecule has 1 N–H and O–H groups in total. The Morgan fingerprint density at radius 1 is 1.26 bits per heavy atom. The van der Waals surface area contributed by atoms with Gasteiger partial charge in [-0.25, -0.2) is 4.68 Å². The van der Waals surface area contributed by atoms with Crippen LogP contribution in [0.5, 0.6) is 11.6 Å². The van der Waals surface area contributed by atoms with Crippen LogP contribution in [0.25, 0.3) is 0 Å². The average Bonchev–Trinajstić information content (AvgIpc) is 3.25. The van der Waals surface area contributed by atoms with Crippen molar-refractivity contribution in [3.63, 3.8) is 0 Å². The zero-order chi connectivity index (χ0) is 16.2. The minimum absolute atomic E-state index is 0.264. The van der Waals surface area contributed by atoms with Crippen molar-refractivity contribution in [1.29, 1.82) is 0 Å². The van der Waals surface area contributed by atoms with Gasteiger partial charge in [-0.15, -0.1) is 5.10 Å². The van der Waals surface area contributed by atoms with Crippen LogP contribution in [-0.4, -0.2) is 40.1 Å². The van der Waals surface area contributed by atoms with Crippen LogP contribution in [-0.2, 0) is 0 Å². The molecule has 0 saturated heterocycles. The number of hydrogen-bond donors (Lipinski definition) is 1. The van der Waals surface area contributed by atoms with Gasteiger partial charge in [0.1, 0.15) is 11.6 Å². The summed E-state index contributed by atoms with van der Waals surface area (Å²) in [6.45, 7) is 0. The minimum atomic E-state index is -0.364. The smallest absolute Gasteiger partial charge is 0.278 e. The predicted molar refractivity (Wildman–Crippen MR) is 82.8 cm³/mol. The Hall–Kier alpha value is -2.64. The first-order chi connectivity index (χ1) is 11.2. The van der Waals surface area contributed by atoms with E-state index in [-0.39, 0.29) is 11.6 Å². The second kappa shape index (κ2) is 6.64. The molecule has 8 nitrogen and oxygen atoms in total. The number of nitrogens with one attached hydrogen (secondary N) is 1. The molecule has 0 aliphatic heterocycles. The summed E-state index contributed by atoms with van der Waals surface area (Å²) in [4.78, 5) is 16.5. The molecule has 1 aliphatic rings. The van der Waals surface area contributed by atoms with E-state index in [2.05, 4.69) is 20.6 Å². The molecule has 0 atom stereocenters. The lowest BCUT2D eigenvalue weighted by atomic mass is 10.2. The molecule has 23 heavy (non-hydrogen) atoms. The third-order valence-corrected chi connectivity index (χ3v) is 3.90.